The number of benzene rings is 3. The molecular weight excluding hydrogens is 440 g/mol. The number of carbonyl (C=O) groups is 4. The highest BCUT2D eigenvalue weighted by atomic mass is 16.2. The number of ketones is 2. The largest absolute Gasteiger partial charge is 0.291 e. The zero-order valence-corrected chi connectivity index (χ0v) is 19.7. The summed E-state index contributed by atoms with van der Waals surface area (Å²) in [4.78, 5) is 59.7. The van der Waals surface area contributed by atoms with Crippen molar-refractivity contribution in [1.82, 2.24) is 4.90 Å². The number of imide groups is 1. The van der Waals surface area contributed by atoms with Crippen molar-refractivity contribution in [3.8, 4) is 0 Å². The van der Waals surface area contributed by atoms with E-state index in [-0.39, 0.29) is 22.3 Å². The van der Waals surface area contributed by atoms with Gasteiger partial charge in [0.2, 0.25) is 5.78 Å². The van der Waals surface area contributed by atoms with Gasteiger partial charge in [0, 0.05) is 11.1 Å². The van der Waals surface area contributed by atoms with Gasteiger partial charge in [0.25, 0.3) is 11.8 Å². The molecule has 0 saturated carbocycles. The van der Waals surface area contributed by atoms with Crippen LogP contribution in [0, 0.1) is 0 Å². The summed E-state index contributed by atoms with van der Waals surface area (Å²) in [5.41, 5.74) is 0.121. The van der Waals surface area contributed by atoms with Crippen LogP contribution in [0.25, 0.3) is 0 Å². The monoisotopic (exact) mass is 464 g/mol. The molecule has 0 saturated heterocycles. The van der Waals surface area contributed by atoms with E-state index in [1.165, 1.54) is 12.1 Å². The first kappa shape index (κ1) is 23.7. The fourth-order valence-corrected chi connectivity index (χ4v) is 3.79. The normalized spacial score (nSPS) is 13.6. The maximum absolute atomic E-state index is 13.9. The Bertz CT molecular complexity index is 1340. The molecule has 6 nitrogen and oxygen atoms in total. The van der Waals surface area contributed by atoms with Crippen LogP contribution in [0.2, 0.25) is 0 Å². The molecule has 4 rings (SSSR count). The molecule has 1 aliphatic rings. The average molecular weight is 465 g/mol. The van der Waals surface area contributed by atoms with Crippen LogP contribution in [0.15, 0.2) is 95.5 Å². The summed E-state index contributed by atoms with van der Waals surface area (Å²) in [6, 6.07) is 21.5. The highest BCUT2D eigenvalue weighted by Crippen LogP contribution is 2.29. The van der Waals surface area contributed by atoms with E-state index in [4.69, 9.17) is 0 Å². The number of rotatable bonds is 6. The molecule has 0 N–H and O–H groups in total. The Balaban J connectivity index is 1.96. The lowest BCUT2D eigenvalue weighted by molar-refractivity contribution is 0.0565. The number of hydrogen-bond acceptors (Lipinski definition) is 5. The summed E-state index contributed by atoms with van der Waals surface area (Å²) in [6.45, 7) is 5.46. The molecule has 6 heteroatoms. The topological polar surface area (TPSA) is 83.9 Å². The smallest absolute Gasteiger partial charge is 0.262 e. The van der Waals surface area contributed by atoms with Crippen molar-refractivity contribution in [1.29, 1.82) is 0 Å². The molecule has 3 aromatic carbocycles. The van der Waals surface area contributed by atoms with Crippen LogP contribution in [0.5, 0.6) is 0 Å². The van der Waals surface area contributed by atoms with Gasteiger partial charge in [-0.1, -0.05) is 72.8 Å². The Labute approximate surface area is 203 Å². The predicted molar refractivity (Wildman–Crippen MR) is 133 cm³/mol. The van der Waals surface area contributed by atoms with Gasteiger partial charge in [-0.15, -0.1) is 0 Å². The molecule has 35 heavy (non-hydrogen) atoms. The minimum atomic E-state index is -1.54. The molecule has 174 valence electrons. The number of aliphatic imine (C=N–C) groups is 1. The second kappa shape index (κ2) is 9.45. The van der Waals surface area contributed by atoms with Crippen LogP contribution in [-0.4, -0.2) is 45.7 Å². The average Bonchev–Trinajstić information content (AvgIpc) is 3.11. The van der Waals surface area contributed by atoms with Gasteiger partial charge in [-0.05, 0) is 38.8 Å². The van der Waals surface area contributed by atoms with Crippen molar-refractivity contribution in [2.45, 2.75) is 32.4 Å². The number of Topliss-reactive ketones (excluding diaryl/α,β-unsaturated/α-hetero) is 2. The fraction of sp³-hybridized carbons (Fsp3) is 0.172. The molecule has 0 aromatic heterocycles. The maximum Gasteiger partial charge on any atom is 0.262 e. The molecule has 1 aliphatic heterocycles. The van der Waals surface area contributed by atoms with E-state index in [0.717, 1.165) is 4.90 Å². The van der Waals surface area contributed by atoms with Crippen LogP contribution in [-0.2, 0) is 0 Å². The lowest BCUT2D eigenvalue weighted by Gasteiger charge is -2.26. The summed E-state index contributed by atoms with van der Waals surface area (Å²) in [5, 5.41) is 0. The van der Waals surface area contributed by atoms with E-state index in [1.807, 2.05) is 20.8 Å². The first-order chi connectivity index (χ1) is 16.7. The third-order valence-corrected chi connectivity index (χ3v) is 5.46. The van der Waals surface area contributed by atoms with E-state index in [9.17, 15) is 19.2 Å². The number of nitrogens with zero attached hydrogens (tertiary/aromatic N) is 2. The minimum absolute atomic E-state index is 0.172. The van der Waals surface area contributed by atoms with E-state index < -0.39 is 35.0 Å². The molecule has 3 aromatic rings. The van der Waals surface area contributed by atoms with Gasteiger partial charge >= 0.3 is 0 Å². The first-order valence-electron chi connectivity index (χ1n) is 11.2. The first-order valence-corrected chi connectivity index (χ1v) is 11.2. The van der Waals surface area contributed by atoms with Crippen molar-refractivity contribution < 1.29 is 19.2 Å². The van der Waals surface area contributed by atoms with Crippen LogP contribution in [0.3, 0.4) is 0 Å². The zero-order valence-electron chi connectivity index (χ0n) is 19.7. The number of amides is 2. The summed E-state index contributed by atoms with van der Waals surface area (Å²) < 4.78 is 0. The van der Waals surface area contributed by atoms with Gasteiger partial charge in [-0.3, -0.25) is 24.1 Å². The Morgan fingerprint density at radius 3 is 1.69 bits per heavy atom. The number of hydrogen-bond donors (Lipinski definition) is 0. The van der Waals surface area contributed by atoms with Crippen LogP contribution >= 0.6 is 0 Å². The summed E-state index contributed by atoms with van der Waals surface area (Å²) in [5.74, 6) is 0.382. The van der Waals surface area contributed by atoms with Crippen LogP contribution in [0.1, 0.15) is 62.2 Å². The van der Waals surface area contributed by atoms with Crippen molar-refractivity contribution >= 4 is 29.3 Å². The van der Waals surface area contributed by atoms with E-state index in [1.54, 1.807) is 72.8 Å². The van der Waals surface area contributed by atoms with E-state index in [2.05, 4.69) is 10.9 Å². The Kier molecular flexibility index (Phi) is 6.41. The molecule has 0 spiro atoms. The van der Waals surface area contributed by atoms with E-state index >= 15 is 0 Å². The van der Waals surface area contributed by atoms with E-state index in [0.29, 0.717) is 5.56 Å². The van der Waals surface area contributed by atoms with Gasteiger partial charge in [-0.2, -0.15) is 0 Å². The molecule has 0 bridgehead atoms. The Morgan fingerprint density at radius 2 is 1.20 bits per heavy atom. The third-order valence-electron chi connectivity index (χ3n) is 5.46. The van der Waals surface area contributed by atoms with Gasteiger partial charge < -0.3 is 0 Å². The lowest BCUT2D eigenvalue weighted by atomic mass is 9.91. The van der Waals surface area contributed by atoms with Crippen molar-refractivity contribution in [3.05, 3.63) is 113 Å². The molecule has 2 amide bonds. The van der Waals surface area contributed by atoms with Crippen LogP contribution < -0.4 is 0 Å². The van der Waals surface area contributed by atoms with Gasteiger partial charge in [0.05, 0.1) is 22.2 Å². The zero-order chi connectivity index (χ0) is 25.2. The van der Waals surface area contributed by atoms with Crippen molar-refractivity contribution in [2.75, 3.05) is 0 Å². The standard InChI is InChI=1S/C29H24N2O4/c1-29(2,3)30-18-23(25(32)19-12-6-4-7-13-19)24(26(33)20-14-8-5-9-15-20)31-27(34)21-16-10-11-17-22(21)28(31)35/h4-17,24H,1-3H3. The van der Waals surface area contributed by atoms with Crippen molar-refractivity contribution in [2.24, 2.45) is 4.99 Å². The SMILES string of the molecule is CC(C)(C)N=C=C(C(=O)c1ccccc1)C(C(=O)c1ccccc1)N1C(=O)c2ccccc2C1=O. The quantitative estimate of drug-likeness (QED) is 0.227. The molecule has 0 fully saturated rings. The van der Waals surface area contributed by atoms with Gasteiger partial charge in [-0.25, -0.2) is 4.99 Å². The maximum atomic E-state index is 13.9. The number of fused-ring (bicyclic) bond motifs is 1. The second-order valence-electron chi connectivity index (χ2n) is 9.16. The summed E-state index contributed by atoms with van der Waals surface area (Å²) in [7, 11) is 0. The highest BCUT2D eigenvalue weighted by Gasteiger charge is 2.46. The Morgan fingerprint density at radius 1 is 0.743 bits per heavy atom. The minimum Gasteiger partial charge on any atom is -0.291 e. The third kappa shape index (κ3) is 4.79. The molecule has 1 unspecified atom stereocenters. The highest BCUT2D eigenvalue weighted by molar-refractivity contribution is 6.27. The second-order valence-corrected chi connectivity index (χ2v) is 9.16. The summed E-state index contributed by atoms with van der Waals surface area (Å²) in [6.07, 6.45) is 0. The molecular formula is C29H24N2O4. The Hall–Kier alpha value is -4.41. The molecule has 1 atom stereocenters. The molecule has 1 heterocycles. The lowest BCUT2D eigenvalue weighted by Crippen LogP contribution is -2.48. The van der Waals surface area contributed by atoms with Gasteiger partial charge in [0.15, 0.2) is 5.78 Å². The fourth-order valence-electron chi connectivity index (χ4n) is 3.79. The summed E-state index contributed by atoms with van der Waals surface area (Å²) >= 11 is 0. The number of carbonyl (C=O) groups excluding carboxylic acids is 4. The van der Waals surface area contributed by atoms with Gasteiger partial charge in [0.1, 0.15) is 6.04 Å². The molecule has 0 radical (unpaired) electrons. The van der Waals surface area contributed by atoms with Crippen molar-refractivity contribution in [3.63, 3.8) is 0 Å². The van der Waals surface area contributed by atoms with Crippen LogP contribution in [0.4, 0.5) is 0 Å². The predicted octanol–water partition coefficient (Wildman–Crippen LogP) is 4.81. The molecule has 0 aliphatic carbocycles.